The quantitative estimate of drug-likeness (QED) is 0.142. The summed E-state index contributed by atoms with van der Waals surface area (Å²) in [6, 6.07) is 11.9. The van der Waals surface area contributed by atoms with Crippen molar-refractivity contribution in [2.45, 2.75) is 77.8 Å². The zero-order chi connectivity index (χ0) is 29.2. The number of benzene rings is 2. The number of likely N-dealkylation sites (tertiary alicyclic amines) is 1. The molecule has 1 saturated carbocycles. The normalized spacial score (nSPS) is 23.1. The van der Waals surface area contributed by atoms with Crippen molar-refractivity contribution in [3.05, 3.63) is 88.7 Å². The molecule has 3 unspecified atom stereocenters. The molecule has 3 aliphatic rings. The zero-order valence-electron chi connectivity index (χ0n) is 25.1. The van der Waals surface area contributed by atoms with E-state index >= 15 is 0 Å². The Kier molecular flexibility index (Phi) is 8.53. The van der Waals surface area contributed by atoms with Crippen molar-refractivity contribution in [3.8, 4) is 0 Å². The third-order valence-corrected chi connectivity index (χ3v) is 9.98. The number of rotatable bonds is 10. The van der Waals surface area contributed by atoms with Gasteiger partial charge in [-0.05, 0) is 131 Å². The molecule has 5 nitrogen and oxygen atoms in total. The summed E-state index contributed by atoms with van der Waals surface area (Å²) >= 11 is 0. The average Bonchev–Trinajstić information content (AvgIpc) is 3.35. The first-order valence-electron chi connectivity index (χ1n) is 15.8. The summed E-state index contributed by atoms with van der Waals surface area (Å²) in [6.45, 7) is 10.8. The van der Waals surface area contributed by atoms with Crippen molar-refractivity contribution >= 4 is 23.5 Å². The Balaban J connectivity index is 1.06. The van der Waals surface area contributed by atoms with Crippen LogP contribution in [0.25, 0.3) is 11.0 Å². The lowest BCUT2D eigenvalue weighted by molar-refractivity contribution is -0.00825. The second kappa shape index (κ2) is 12.5. The van der Waals surface area contributed by atoms with E-state index in [1.807, 2.05) is 44.2 Å². The summed E-state index contributed by atoms with van der Waals surface area (Å²) in [6.07, 6.45) is 14.2. The van der Waals surface area contributed by atoms with Gasteiger partial charge in [0.15, 0.2) is 5.78 Å². The number of Topliss-reactive ketones (excluding diaryl/α,β-unsaturated/α-hetero) is 1. The second-order valence-electron chi connectivity index (χ2n) is 12.6. The van der Waals surface area contributed by atoms with E-state index < -0.39 is 0 Å². The van der Waals surface area contributed by atoms with E-state index in [2.05, 4.69) is 39.4 Å². The van der Waals surface area contributed by atoms with Crippen LogP contribution in [0.15, 0.2) is 65.3 Å². The standard InChI is InChI=1S/C36H43FN4O/c1-4-34(42)27-13-16-32-33(22-27)41-23-28-12-15-30(28)35(36(41)39-32)40-19-17-25(18-20-40)7-5-6-8-29(38-3)14-11-26-10-9-24(2)21-31(26)37/h5-6,8-10,13,16,21-22,25,28,30,35H,3-4,7,11-12,14-15,17-20,23H2,1-2H3/b6-5-,29-8-. The monoisotopic (exact) mass is 566 g/mol. The summed E-state index contributed by atoms with van der Waals surface area (Å²) in [5.41, 5.74) is 5.51. The molecule has 1 aliphatic carbocycles. The number of aromatic nitrogens is 2. The number of halogens is 1. The number of carbonyl (C=O) groups excluding carboxylic acids is 1. The average molecular weight is 567 g/mol. The Hall–Kier alpha value is -3.38. The molecule has 2 fully saturated rings. The van der Waals surface area contributed by atoms with Crippen molar-refractivity contribution < 1.29 is 9.18 Å². The SMILES string of the molecule is C=N/C(=C\C=C/CC1CCN(C2c3nc4ccc(C(=O)CC)cc4n3CC3CCC32)CC1)CCc1ccc(C)cc1F. The van der Waals surface area contributed by atoms with Crippen LogP contribution in [0.1, 0.15) is 85.2 Å². The molecule has 0 radical (unpaired) electrons. The lowest BCUT2D eigenvalue weighted by Gasteiger charge is -2.51. The molecule has 2 aliphatic heterocycles. The first-order chi connectivity index (χ1) is 20.4. The van der Waals surface area contributed by atoms with Gasteiger partial charge in [0.2, 0.25) is 0 Å². The van der Waals surface area contributed by atoms with Gasteiger partial charge in [0.05, 0.1) is 17.1 Å². The molecule has 3 atom stereocenters. The molecule has 0 N–H and O–H groups in total. The van der Waals surface area contributed by atoms with E-state index in [1.165, 1.54) is 31.5 Å². The highest BCUT2D eigenvalue weighted by molar-refractivity contribution is 5.98. The minimum absolute atomic E-state index is 0.142. The molecule has 220 valence electrons. The predicted octanol–water partition coefficient (Wildman–Crippen LogP) is 8.03. The molecule has 6 heteroatoms. The van der Waals surface area contributed by atoms with Crippen molar-refractivity contribution in [1.82, 2.24) is 14.5 Å². The summed E-state index contributed by atoms with van der Waals surface area (Å²) in [5, 5.41) is 0. The van der Waals surface area contributed by atoms with Crippen molar-refractivity contribution in [1.29, 1.82) is 0 Å². The number of hydrogen-bond donors (Lipinski definition) is 0. The van der Waals surface area contributed by atoms with E-state index in [9.17, 15) is 9.18 Å². The van der Waals surface area contributed by atoms with Gasteiger partial charge in [0.1, 0.15) is 11.6 Å². The smallest absolute Gasteiger partial charge is 0.162 e. The Bertz CT molecular complexity index is 1530. The van der Waals surface area contributed by atoms with E-state index in [1.54, 1.807) is 6.07 Å². The largest absolute Gasteiger partial charge is 0.326 e. The van der Waals surface area contributed by atoms with Crippen LogP contribution in [0.4, 0.5) is 4.39 Å². The fourth-order valence-electron chi connectivity index (χ4n) is 7.28. The van der Waals surface area contributed by atoms with Crippen LogP contribution < -0.4 is 0 Å². The van der Waals surface area contributed by atoms with Crippen LogP contribution in [-0.2, 0) is 13.0 Å². The van der Waals surface area contributed by atoms with Crippen molar-refractivity contribution in [3.63, 3.8) is 0 Å². The summed E-state index contributed by atoms with van der Waals surface area (Å²) in [5.74, 6) is 3.36. The molecule has 1 saturated heterocycles. The topological polar surface area (TPSA) is 50.5 Å². The van der Waals surface area contributed by atoms with Crippen LogP contribution >= 0.6 is 0 Å². The number of aliphatic imine (C=N–C) groups is 1. The molecule has 2 aromatic carbocycles. The predicted molar refractivity (Wildman–Crippen MR) is 168 cm³/mol. The minimum Gasteiger partial charge on any atom is -0.326 e. The molecule has 0 amide bonds. The lowest BCUT2D eigenvalue weighted by Crippen LogP contribution is -2.49. The number of nitrogens with zero attached hydrogens (tertiary/aromatic N) is 4. The van der Waals surface area contributed by atoms with Gasteiger partial charge in [-0.25, -0.2) is 9.37 Å². The Morgan fingerprint density at radius 2 is 1.98 bits per heavy atom. The molecule has 6 rings (SSSR count). The fraction of sp³-hybridized carbons (Fsp3) is 0.472. The highest BCUT2D eigenvalue weighted by Gasteiger charge is 2.47. The van der Waals surface area contributed by atoms with E-state index in [0.717, 1.165) is 59.5 Å². The van der Waals surface area contributed by atoms with Gasteiger partial charge in [-0.2, -0.15) is 0 Å². The Morgan fingerprint density at radius 3 is 2.69 bits per heavy atom. The zero-order valence-corrected chi connectivity index (χ0v) is 25.1. The first-order valence-corrected chi connectivity index (χ1v) is 15.8. The van der Waals surface area contributed by atoms with Gasteiger partial charge in [-0.15, -0.1) is 0 Å². The summed E-state index contributed by atoms with van der Waals surface area (Å²) in [4.78, 5) is 24.4. The van der Waals surface area contributed by atoms with Crippen LogP contribution in [0.2, 0.25) is 0 Å². The maximum absolute atomic E-state index is 14.2. The lowest BCUT2D eigenvalue weighted by atomic mass is 9.67. The number of piperidine rings is 1. The van der Waals surface area contributed by atoms with Crippen molar-refractivity contribution in [2.24, 2.45) is 22.7 Å². The number of ketones is 1. The molecule has 0 bridgehead atoms. The Morgan fingerprint density at radius 1 is 1.14 bits per heavy atom. The minimum atomic E-state index is -0.142. The third-order valence-electron chi connectivity index (χ3n) is 9.98. The summed E-state index contributed by atoms with van der Waals surface area (Å²) in [7, 11) is 0. The van der Waals surface area contributed by atoms with E-state index in [-0.39, 0.29) is 11.6 Å². The van der Waals surface area contributed by atoms with Crippen LogP contribution in [-0.4, -0.2) is 40.0 Å². The molecule has 0 spiro atoms. The number of allylic oxidation sites excluding steroid dienone is 4. The molecule has 3 heterocycles. The highest BCUT2D eigenvalue weighted by atomic mass is 19.1. The van der Waals surface area contributed by atoms with E-state index in [0.29, 0.717) is 43.1 Å². The maximum atomic E-state index is 14.2. The van der Waals surface area contributed by atoms with Gasteiger partial charge in [-0.1, -0.05) is 31.2 Å². The number of carbonyl (C=O) groups is 1. The molecule has 3 aromatic rings. The van der Waals surface area contributed by atoms with Crippen LogP contribution in [0, 0.1) is 30.5 Å². The molecular formula is C36H43FN4O. The van der Waals surface area contributed by atoms with Gasteiger partial charge >= 0.3 is 0 Å². The first kappa shape index (κ1) is 28.7. The van der Waals surface area contributed by atoms with Gasteiger partial charge in [0, 0.05) is 24.2 Å². The highest BCUT2D eigenvalue weighted by Crippen LogP contribution is 2.51. The van der Waals surface area contributed by atoms with E-state index in [4.69, 9.17) is 4.98 Å². The fourth-order valence-corrected chi connectivity index (χ4v) is 7.28. The number of imidazole rings is 1. The Labute approximate surface area is 249 Å². The molecule has 1 aromatic heterocycles. The number of hydrogen-bond acceptors (Lipinski definition) is 4. The molecular weight excluding hydrogens is 523 g/mol. The van der Waals surface area contributed by atoms with Crippen LogP contribution in [0.5, 0.6) is 0 Å². The second-order valence-corrected chi connectivity index (χ2v) is 12.6. The molecule has 42 heavy (non-hydrogen) atoms. The van der Waals surface area contributed by atoms with Gasteiger partial charge in [-0.3, -0.25) is 14.7 Å². The number of aryl methyl sites for hydroxylation is 2. The maximum Gasteiger partial charge on any atom is 0.162 e. The summed E-state index contributed by atoms with van der Waals surface area (Å²) < 4.78 is 16.6. The third kappa shape index (κ3) is 5.78. The van der Waals surface area contributed by atoms with Crippen LogP contribution in [0.3, 0.4) is 0 Å². The van der Waals surface area contributed by atoms with Crippen molar-refractivity contribution in [2.75, 3.05) is 13.1 Å². The van der Waals surface area contributed by atoms with Gasteiger partial charge < -0.3 is 4.57 Å². The van der Waals surface area contributed by atoms with Gasteiger partial charge in [0.25, 0.3) is 0 Å². The number of fused-ring (bicyclic) bond motifs is 4.